The molecule has 0 saturated carbocycles. The highest BCUT2D eigenvalue weighted by atomic mass is 35.5. The van der Waals surface area contributed by atoms with E-state index in [1.165, 1.54) is 6.07 Å². The van der Waals surface area contributed by atoms with Gasteiger partial charge in [-0.25, -0.2) is 9.18 Å². The Balaban J connectivity index is 1.95. The number of ether oxygens (including phenoxy) is 1. The van der Waals surface area contributed by atoms with E-state index in [0.29, 0.717) is 10.7 Å². The summed E-state index contributed by atoms with van der Waals surface area (Å²) in [6.45, 7) is -0.573. The van der Waals surface area contributed by atoms with Crippen molar-refractivity contribution in [3.63, 3.8) is 0 Å². The Hall–Kier alpha value is -2.11. The van der Waals surface area contributed by atoms with Crippen molar-refractivity contribution in [2.24, 2.45) is 0 Å². The summed E-state index contributed by atoms with van der Waals surface area (Å²) >= 11 is 11.6. The first-order valence-electron chi connectivity index (χ1n) is 6.14. The summed E-state index contributed by atoms with van der Waals surface area (Å²) in [5, 5.41) is 3.01. The molecule has 1 amide bonds. The van der Waals surface area contributed by atoms with Crippen molar-refractivity contribution in [2.75, 3.05) is 11.9 Å². The van der Waals surface area contributed by atoms with Gasteiger partial charge in [0.1, 0.15) is 5.82 Å². The van der Waals surface area contributed by atoms with E-state index in [1.807, 2.05) is 0 Å². The maximum absolute atomic E-state index is 13.5. The molecule has 2 aromatic carbocycles. The number of esters is 1. The Labute approximate surface area is 135 Å². The fourth-order valence-electron chi connectivity index (χ4n) is 1.61. The third kappa shape index (κ3) is 4.19. The lowest BCUT2D eigenvalue weighted by Crippen LogP contribution is -2.21. The number of hydrogen-bond acceptors (Lipinski definition) is 3. The van der Waals surface area contributed by atoms with Gasteiger partial charge in [0.25, 0.3) is 5.91 Å². The van der Waals surface area contributed by atoms with E-state index < -0.39 is 24.3 Å². The number of halogens is 3. The van der Waals surface area contributed by atoms with Crippen LogP contribution in [0.5, 0.6) is 0 Å². The molecule has 0 fully saturated rings. The third-order valence-electron chi connectivity index (χ3n) is 2.63. The third-order valence-corrected chi connectivity index (χ3v) is 3.20. The first-order chi connectivity index (χ1) is 10.5. The second-order valence-corrected chi connectivity index (χ2v) is 5.07. The van der Waals surface area contributed by atoms with Gasteiger partial charge in [0.15, 0.2) is 6.61 Å². The smallest absolute Gasteiger partial charge is 0.341 e. The first kappa shape index (κ1) is 16.3. The molecule has 0 heterocycles. The number of hydrogen-bond donors (Lipinski definition) is 1. The number of carbonyl (C=O) groups is 2. The standard InChI is InChI=1S/C15H10Cl2FNO3/c16-9-5-6-12(18)10(7-9)15(21)22-8-14(20)19-13-4-2-1-3-11(13)17/h1-7H,8H2,(H,19,20). The monoisotopic (exact) mass is 341 g/mol. The number of rotatable bonds is 4. The van der Waals surface area contributed by atoms with Gasteiger partial charge in [-0.3, -0.25) is 4.79 Å². The average Bonchev–Trinajstić information content (AvgIpc) is 2.49. The van der Waals surface area contributed by atoms with Gasteiger partial charge in [-0.15, -0.1) is 0 Å². The zero-order chi connectivity index (χ0) is 16.1. The van der Waals surface area contributed by atoms with Crippen LogP contribution in [0.4, 0.5) is 10.1 Å². The molecule has 0 atom stereocenters. The van der Waals surface area contributed by atoms with Crippen LogP contribution in [0.15, 0.2) is 42.5 Å². The Morgan fingerprint density at radius 1 is 1.14 bits per heavy atom. The molecule has 4 nitrogen and oxygen atoms in total. The number of para-hydroxylation sites is 1. The van der Waals surface area contributed by atoms with Gasteiger partial charge in [0.2, 0.25) is 0 Å². The summed E-state index contributed by atoms with van der Waals surface area (Å²) in [6, 6.07) is 10.1. The molecule has 0 aliphatic heterocycles. The molecule has 0 aliphatic carbocycles. The predicted octanol–water partition coefficient (Wildman–Crippen LogP) is 3.93. The van der Waals surface area contributed by atoms with Crippen molar-refractivity contribution >= 4 is 40.8 Å². The molecule has 1 N–H and O–H groups in total. The Morgan fingerprint density at radius 2 is 1.86 bits per heavy atom. The van der Waals surface area contributed by atoms with Gasteiger partial charge in [-0.05, 0) is 30.3 Å². The van der Waals surface area contributed by atoms with Crippen LogP contribution < -0.4 is 5.32 Å². The maximum atomic E-state index is 13.5. The summed E-state index contributed by atoms with van der Waals surface area (Å²) in [6.07, 6.45) is 0. The van der Waals surface area contributed by atoms with E-state index in [2.05, 4.69) is 5.32 Å². The molecule has 7 heteroatoms. The zero-order valence-electron chi connectivity index (χ0n) is 11.1. The molecule has 0 saturated heterocycles. The van der Waals surface area contributed by atoms with Crippen LogP contribution in [-0.4, -0.2) is 18.5 Å². The normalized spacial score (nSPS) is 10.1. The van der Waals surface area contributed by atoms with Crippen LogP contribution in [0.3, 0.4) is 0 Å². The molecule has 114 valence electrons. The fourth-order valence-corrected chi connectivity index (χ4v) is 1.97. The molecule has 0 unspecified atom stereocenters. The molecule has 0 radical (unpaired) electrons. The maximum Gasteiger partial charge on any atom is 0.341 e. The summed E-state index contributed by atoms with van der Waals surface area (Å²) < 4.78 is 18.2. The number of carbonyl (C=O) groups excluding carboxylic acids is 2. The highest BCUT2D eigenvalue weighted by Crippen LogP contribution is 2.20. The summed E-state index contributed by atoms with van der Waals surface area (Å²) in [7, 11) is 0. The Morgan fingerprint density at radius 3 is 2.59 bits per heavy atom. The van der Waals surface area contributed by atoms with Crippen molar-refractivity contribution < 1.29 is 18.7 Å². The number of benzene rings is 2. The average molecular weight is 342 g/mol. The zero-order valence-corrected chi connectivity index (χ0v) is 12.6. The molecule has 0 aromatic heterocycles. The summed E-state index contributed by atoms with van der Waals surface area (Å²) in [4.78, 5) is 23.4. The van der Waals surface area contributed by atoms with Gasteiger partial charge in [0.05, 0.1) is 16.3 Å². The Kier molecular flexibility index (Phi) is 5.35. The highest BCUT2D eigenvalue weighted by molar-refractivity contribution is 6.33. The molecular weight excluding hydrogens is 332 g/mol. The van der Waals surface area contributed by atoms with Crippen LogP contribution in [0, 0.1) is 5.82 Å². The van der Waals surface area contributed by atoms with Gasteiger partial charge >= 0.3 is 5.97 Å². The number of amides is 1. The van der Waals surface area contributed by atoms with Crippen molar-refractivity contribution in [3.8, 4) is 0 Å². The van der Waals surface area contributed by atoms with E-state index in [-0.39, 0.29) is 10.6 Å². The minimum absolute atomic E-state index is 0.189. The van der Waals surface area contributed by atoms with Crippen LogP contribution in [-0.2, 0) is 9.53 Å². The van der Waals surface area contributed by atoms with Crippen LogP contribution >= 0.6 is 23.2 Å². The fraction of sp³-hybridized carbons (Fsp3) is 0.0667. The number of anilines is 1. The van der Waals surface area contributed by atoms with E-state index in [0.717, 1.165) is 12.1 Å². The molecule has 2 rings (SSSR count). The molecule has 2 aromatic rings. The lowest BCUT2D eigenvalue weighted by molar-refractivity contribution is -0.119. The van der Waals surface area contributed by atoms with E-state index in [1.54, 1.807) is 24.3 Å². The van der Waals surface area contributed by atoms with Gasteiger partial charge in [-0.1, -0.05) is 35.3 Å². The van der Waals surface area contributed by atoms with Gasteiger partial charge in [0, 0.05) is 5.02 Å². The SMILES string of the molecule is O=C(COC(=O)c1cc(Cl)ccc1F)Nc1ccccc1Cl. The van der Waals surface area contributed by atoms with Crippen molar-refractivity contribution in [3.05, 3.63) is 63.9 Å². The molecule has 22 heavy (non-hydrogen) atoms. The predicted molar refractivity (Wildman–Crippen MR) is 81.8 cm³/mol. The lowest BCUT2D eigenvalue weighted by atomic mass is 10.2. The van der Waals surface area contributed by atoms with E-state index >= 15 is 0 Å². The second-order valence-electron chi connectivity index (χ2n) is 4.23. The van der Waals surface area contributed by atoms with Crippen LogP contribution in [0.1, 0.15) is 10.4 Å². The Bertz CT molecular complexity index is 722. The van der Waals surface area contributed by atoms with Crippen molar-refractivity contribution in [1.82, 2.24) is 0 Å². The first-order valence-corrected chi connectivity index (χ1v) is 6.89. The van der Waals surface area contributed by atoms with Gasteiger partial charge in [-0.2, -0.15) is 0 Å². The van der Waals surface area contributed by atoms with Gasteiger partial charge < -0.3 is 10.1 Å². The van der Waals surface area contributed by atoms with Crippen molar-refractivity contribution in [1.29, 1.82) is 0 Å². The summed E-state index contributed by atoms with van der Waals surface area (Å²) in [5.74, 6) is -2.35. The second kappa shape index (κ2) is 7.24. The van der Waals surface area contributed by atoms with Crippen molar-refractivity contribution in [2.45, 2.75) is 0 Å². The van der Waals surface area contributed by atoms with Crippen LogP contribution in [0.2, 0.25) is 10.0 Å². The largest absolute Gasteiger partial charge is 0.452 e. The topological polar surface area (TPSA) is 55.4 Å². The minimum atomic E-state index is -0.977. The molecule has 0 bridgehead atoms. The van der Waals surface area contributed by atoms with Crippen LogP contribution in [0.25, 0.3) is 0 Å². The minimum Gasteiger partial charge on any atom is -0.452 e. The summed E-state index contributed by atoms with van der Waals surface area (Å²) in [5.41, 5.74) is 0.0530. The molecule has 0 aliphatic rings. The molecular formula is C15H10Cl2FNO3. The lowest BCUT2D eigenvalue weighted by Gasteiger charge is -2.08. The number of nitrogens with one attached hydrogen (secondary N) is 1. The van der Waals surface area contributed by atoms with E-state index in [9.17, 15) is 14.0 Å². The van der Waals surface area contributed by atoms with E-state index in [4.69, 9.17) is 27.9 Å². The highest BCUT2D eigenvalue weighted by Gasteiger charge is 2.15. The quantitative estimate of drug-likeness (QED) is 0.857. The molecule has 0 spiro atoms.